The molecule has 1 fully saturated rings. The van der Waals surface area contributed by atoms with Crippen LogP contribution >= 0.6 is 11.6 Å². The summed E-state index contributed by atoms with van der Waals surface area (Å²) < 4.78 is 1.58. The maximum atomic E-state index is 12.1. The van der Waals surface area contributed by atoms with Crippen molar-refractivity contribution in [3.05, 3.63) is 56.6 Å². The largest absolute Gasteiger partial charge is 0.477 e. The second kappa shape index (κ2) is 7.03. The lowest BCUT2D eigenvalue weighted by Gasteiger charge is -2.29. The van der Waals surface area contributed by atoms with Crippen LogP contribution in [0.4, 0.5) is 0 Å². The van der Waals surface area contributed by atoms with Gasteiger partial charge in [-0.3, -0.25) is 4.79 Å². The lowest BCUT2D eigenvalue weighted by molar-refractivity contribution is -0.00474. The van der Waals surface area contributed by atoms with Gasteiger partial charge in [0.05, 0.1) is 18.3 Å². The number of hydrogen-bond acceptors (Lipinski definition) is 5. The van der Waals surface area contributed by atoms with Crippen LogP contribution in [-0.4, -0.2) is 36.2 Å². The summed E-state index contributed by atoms with van der Waals surface area (Å²) in [6, 6.07) is 4.60. The monoisotopic (exact) mass is 402 g/mol. The number of carboxylic acids is 1. The van der Waals surface area contributed by atoms with Crippen molar-refractivity contribution >= 4 is 28.5 Å². The van der Waals surface area contributed by atoms with Gasteiger partial charge in [0, 0.05) is 10.4 Å². The molecule has 1 aliphatic rings. The minimum Gasteiger partial charge on any atom is -0.477 e. The summed E-state index contributed by atoms with van der Waals surface area (Å²) in [4.78, 5) is 25.9. The Hall–Kier alpha value is -2.71. The molecule has 146 valence electrons. The van der Waals surface area contributed by atoms with Crippen molar-refractivity contribution in [3.63, 3.8) is 0 Å². The van der Waals surface area contributed by atoms with Crippen LogP contribution in [0.15, 0.2) is 29.2 Å². The molecule has 9 heteroatoms. The molecule has 0 saturated heterocycles. The Morgan fingerprint density at radius 3 is 2.71 bits per heavy atom. The van der Waals surface area contributed by atoms with Gasteiger partial charge in [-0.25, -0.2) is 9.48 Å². The molecule has 0 atom stereocenters. The van der Waals surface area contributed by atoms with Crippen molar-refractivity contribution in [2.75, 3.05) is 0 Å². The Morgan fingerprint density at radius 2 is 2.00 bits per heavy atom. The van der Waals surface area contributed by atoms with Gasteiger partial charge >= 0.3 is 5.97 Å². The molecule has 1 aromatic carbocycles. The van der Waals surface area contributed by atoms with Gasteiger partial charge < -0.3 is 15.2 Å². The van der Waals surface area contributed by atoms with E-state index in [-0.39, 0.29) is 12.1 Å². The number of aromatic nitrogens is 4. The van der Waals surface area contributed by atoms with E-state index in [9.17, 15) is 14.7 Å². The zero-order chi connectivity index (χ0) is 19.9. The smallest absolute Gasteiger partial charge is 0.341 e. The Morgan fingerprint density at radius 1 is 1.25 bits per heavy atom. The van der Waals surface area contributed by atoms with Crippen molar-refractivity contribution in [1.82, 2.24) is 20.0 Å². The second-order valence-electron chi connectivity index (χ2n) is 7.24. The summed E-state index contributed by atoms with van der Waals surface area (Å²) in [7, 11) is 0. The van der Waals surface area contributed by atoms with Crippen LogP contribution in [-0.2, 0) is 12.1 Å². The zero-order valence-corrected chi connectivity index (χ0v) is 15.7. The number of rotatable bonds is 4. The first-order chi connectivity index (χ1) is 13.4. The molecular formula is C19H19ClN4O4. The number of aliphatic hydroxyl groups is 1. The number of pyridine rings is 1. The molecule has 1 saturated carbocycles. The molecule has 4 rings (SSSR count). The zero-order valence-electron chi connectivity index (χ0n) is 15.0. The second-order valence-corrected chi connectivity index (χ2v) is 7.68. The lowest BCUT2D eigenvalue weighted by atomic mass is 9.83. The first-order valence-corrected chi connectivity index (χ1v) is 9.45. The van der Waals surface area contributed by atoms with Gasteiger partial charge in [-0.15, -0.1) is 5.10 Å². The lowest BCUT2D eigenvalue weighted by Crippen LogP contribution is -2.28. The van der Waals surface area contributed by atoms with E-state index in [4.69, 9.17) is 16.7 Å². The fourth-order valence-electron chi connectivity index (χ4n) is 3.79. The van der Waals surface area contributed by atoms with Gasteiger partial charge in [-0.05, 0) is 36.6 Å². The van der Waals surface area contributed by atoms with Crippen molar-refractivity contribution in [1.29, 1.82) is 0 Å². The summed E-state index contributed by atoms with van der Waals surface area (Å²) in [6.45, 7) is 0.266. The predicted molar refractivity (Wildman–Crippen MR) is 103 cm³/mol. The minimum absolute atomic E-state index is 0.266. The topological polar surface area (TPSA) is 121 Å². The number of carbonyl (C=O) groups is 1. The predicted octanol–water partition coefficient (Wildman–Crippen LogP) is 2.67. The number of carboxylic acid groups (broad SMARTS) is 1. The number of halogens is 1. The van der Waals surface area contributed by atoms with E-state index in [1.165, 1.54) is 6.07 Å². The fraction of sp³-hybridized carbons (Fsp3) is 0.368. The van der Waals surface area contributed by atoms with Gasteiger partial charge in [-0.2, -0.15) is 0 Å². The number of H-pyrrole nitrogens is 1. The Bertz CT molecular complexity index is 1110. The highest BCUT2D eigenvalue weighted by molar-refractivity contribution is 6.31. The van der Waals surface area contributed by atoms with Crippen LogP contribution < -0.4 is 5.56 Å². The molecule has 2 aromatic heterocycles. The van der Waals surface area contributed by atoms with E-state index in [0.29, 0.717) is 40.0 Å². The fourth-order valence-corrected chi connectivity index (χ4v) is 4.04. The normalized spacial score (nSPS) is 16.4. The third-order valence-corrected chi connectivity index (χ3v) is 5.48. The molecule has 0 unspecified atom stereocenters. The van der Waals surface area contributed by atoms with E-state index >= 15 is 0 Å². The van der Waals surface area contributed by atoms with Crippen LogP contribution in [0, 0.1) is 0 Å². The number of benzene rings is 1. The van der Waals surface area contributed by atoms with Gasteiger partial charge in [0.25, 0.3) is 5.56 Å². The minimum atomic E-state index is -1.30. The SMILES string of the molecule is O=C(O)c1cc2cc(Cl)cc(Cn3cc(C4(O)CCCCC4)nn3)c2[nH]c1=O. The highest BCUT2D eigenvalue weighted by Crippen LogP contribution is 2.35. The molecule has 0 bridgehead atoms. The highest BCUT2D eigenvalue weighted by atomic mass is 35.5. The van der Waals surface area contributed by atoms with Crippen LogP contribution in [0.2, 0.25) is 5.02 Å². The third kappa shape index (κ3) is 3.41. The van der Waals surface area contributed by atoms with Crippen LogP contribution in [0.1, 0.15) is 53.7 Å². The van der Waals surface area contributed by atoms with Crippen LogP contribution in [0.25, 0.3) is 10.9 Å². The average Bonchev–Trinajstić information content (AvgIpc) is 3.12. The number of fused-ring (bicyclic) bond motifs is 1. The molecule has 3 aromatic rings. The number of hydrogen-bond donors (Lipinski definition) is 3. The summed E-state index contributed by atoms with van der Waals surface area (Å²) in [6.07, 6.45) is 6.05. The number of nitrogens with zero attached hydrogens (tertiary/aromatic N) is 3. The molecule has 0 spiro atoms. The van der Waals surface area contributed by atoms with Gasteiger partial charge in [0.15, 0.2) is 0 Å². The molecule has 0 amide bonds. The first kappa shape index (κ1) is 18.6. The van der Waals surface area contributed by atoms with E-state index in [1.54, 1.807) is 23.0 Å². The van der Waals surface area contributed by atoms with Gasteiger partial charge in [-0.1, -0.05) is 36.1 Å². The molecule has 8 nitrogen and oxygen atoms in total. The number of nitrogens with one attached hydrogen (secondary N) is 1. The van der Waals surface area contributed by atoms with E-state index in [0.717, 1.165) is 19.3 Å². The maximum absolute atomic E-state index is 12.1. The summed E-state index contributed by atoms with van der Waals surface area (Å²) in [5, 5.41) is 29.2. The van der Waals surface area contributed by atoms with Crippen molar-refractivity contribution in [2.45, 2.75) is 44.2 Å². The molecule has 0 radical (unpaired) electrons. The Balaban J connectivity index is 1.71. The van der Waals surface area contributed by atoms with Crippen LogP contribution in [0.5, 0.6) is 0 Å². The maximum Gasteiger partial charge on any atom is 0.341 e. The van der Waals surface area contributed by atoms with E-state index < -0.39 is 17.1 Å². The number of aromatic amines is 1. The molecular weight excluding hydrogens is 384 g/mol. The molecule has 28 heavy (non-hydrogen) atoms. The third-order valence-electron chi connectivity index (χ3n) is 5.26. The van der Waals surface area contributed by atoms with E-state index in [2.05, 4.69) is 15.3 Å². The molecule has 2 heterocycles. The summed E-state index contributed by atoms with van der Waals surface area (Å²) in [5.41, 5.74) is -0.267. The standard InChI is InChI=1S/C19H19ClN4O4/c20-13-6-11-8-14(18(26)27)17(25)21-16(11)12(7-13)9-24-10-15(22-23-24)19(28)4-2-1-3-5-19/h6-8,10,28H,1-5,9H2,(H,21,25)(H,26,27). The quantitative estimate of drug-likeness (QED) is 0.616. The van der Waals surface area contributed by atoms with E-state index in [1.807, 2.05) is 0 Å². The summed E-state index contributed by atoms with van der Waals surface area (Å²) in [5.74, 6) is -1.30. The Labute approximate surface area is 164 Å². The highest BCUT2D eigenvalue weighted by Gasteiger charge is 2.34. The summed E-state index contributed by atoms with van der Waals surface area (Å²) >= 11 is 6.19. The number of aromatic carboxylic acids is 1. The average molecular weight is 403 g/mol. The molecule has 1 aliphatic carbocycles. The molecule has 3 N–H and O–H groups in total. The van der Waals surface area contributed by atoms with Crippen molar-refractivity contribution < 1.29 is 15.0 Å². The Kier molecular flexibility index (Phi) is 4.68. The van der Waals surface area contributed by atoms with Crippen molar-refractivity contribution in [3.8, 4) is 0 Å². The first-order valence-electron chi connectivity index (χ1n) is 9.07. The van der Waals surface area contributed by atoms with Crippen molar-refractivity contribution in [2.24, 2.45) is 0 Å². The van der Waals surface area contributed by atoms with Gasteiger partial charge in [0.1, 0.15) is 16.9 Å². The molecule has 0 aliphatic heterocycles. The van der Waals surface area contributed by atoms with Gasteiger partial charge in [0.2, 0.25) is 0 Å². The van der Waals surface area contributed by atoms with Crippen LogP contribution in [0.3, 0.4) is 0 Å².